The van der Waals surface area contributed by atoms with Gasteiger partial charge in [-0.2, -0.15) is 0 Å². The average Bonchev–Trinajstić information content (AvgIpc) is 2.54. The van der Waals surface area contributed by atoms with Crippen molar-refractivity contribution in [1.29, 1.82) is 0 Å². The van der Waals surface area contributed by atoms with Crippen molar-refractivity contribution in [3.8, 4) is 0 Å². The molecule has 144 valence electrons. The minimum absolute atomic E-state index is 0. The van der Waals surface area contributed by atoms with Crippen LogP contribution in [0.25, 0.3) is 0 Å². The van der Waals surface area contributed by atoms with Gasteiger partial charge < -0.3 is 4.55 Å². The molecule has 0 amide bonds. The molecule has 0 spiro atoms. The SMILES string of the molecule is CCCCCCCCCCCCCc1ccc(C)c(C)c1S(=O)(=O)[O-].[Na+]. The van der Waals surface area contributed by atoms with E-state index in [0.717, 1.165) is 18.4 Å². The van der Waals surface area contributed by atoms with Gasteiger partial charge in [0.15, 0.2) is 0 Å². The van der Waals surface area contributed by atoms with Crippen LogP contribution in [0, 0.1) is 13.8 Å². The molecule has 26 heavy (non-hydrogen) atoms. The third-order valence-corrected chi connectivity index (χ3v) is 6.13. The maximum atomic E-state index is 11.6. The molecule has 0 atom stereocenters. The van der Waals surface area contributed by atoms with E-state index in [2.05, 4.69) is 6.92 Å². The van der Waals surface area contributed by atoms with E-state index >= 15 is 0 Å². The summed E-state index contributed by atoms with van der Waals surface area (Å²) in [6.07, 6.45) is 14.6. The van der Waals surface area contributed by atoms with Crippen LogP contribution < -0.4 is 29.6 Å². The molecule has 0 fully saturated rings. The molecule has 0 saturated carbocycles. The Kier molecular flexibility index (Phi) is 14.2. The first-order valence-corrected chi connectivity index (χ1v) is 11.3. The topological polar surface area (TPSA) is 57.2 Å². The minimum atomic E-state index is -4.40. The van der Waals surface area contributed by atoms with Gasteiger partial charge in [0, 0.05) is 0 Å². The van der Waals surface area contributed by atoms with Crippen molar-refractivity contribution in [3.63, 3.8) is 0 Å². The van der Waals surface area contributed by atoms with E-state index in [9.17, 15) is 13.0 Å². The predicted octanol–water partition coefficient (Wildman–Crippen LogP) is 3.07. The number of rotatable bonds is 13. The average molecular weight is 391 g/mol. The quantitative estimate of drug-likeness (QED) is 0.295. The van der Waals surface area contributed by atoms with E-state index < -0.39 is 10.1 Å². The molecule has 0 aromatic heterocycles. The van der Waals surface area contributed by atoms with Crippen molar-refractivity contribution in [1.82, 2.24) is 0 Å². The molecule has 0 aliphatic heterocycles. The Bertz CT molecular complexity index is 612. The summed E-state index contributed by atoms with van der Waals surface area (Å²) in [5.41, 5.74) is 2.15. The van der Waals surface area contributed by atoms with E-state index in [1.807, 2.05) is 19.1 Å². The zero-order chi connectivity index (χ0) is 18.7. The van der Waals surface area contributed by atoms with Crippen LogP contribution in [0.2, 0.25) is 0 Å². The number of hydrogen-bond acceptors (Lipinski definition) is 3. The van der Waals surface area contributed by atoms with Gasteiger partial charge in [0.05, 0.1) is 4.90 Å². The van der Waals surface area contributed by atoms with Crippen molar-refractivity contribution in [2.24, 2.45) is 0 Å². The summed E-state index contributed by atoms with van der Waals surface area (Å²) in [5, 5.41) is 0. The smallest absolute Gasteiger partial charge is 0.744 e. The Hall–Kier alpha value is 0.130. The van der Waals surface area contributed by atoms with Gasteiger partial charge in [-0.3, -0.25) is 0 Å². The molecule has 5 heteroatoms. The second kappa shape index (κ2) is 14.2. The summed E-state index contributed by atoms with van der Waals surface area (Å²) in [6, 6.07) is 3.72. The Balaban J connectivity index is 0.00000625. The third-order valence-electron chi connectivity index (χ3n) is 5.06. The van der Waals surface area contributed by atoms with Crippen LogP contribution in [0.4, 0.5) is 0 Å². The van der Waals surface area contributed by atoms with E-state index in [4.69, 9.17) is 0 Å². The fraction of sp³-hybridized carbons (Fsp3) is 0.714. The van der Waals surface area contributed by atoms with E-state index in [1.54, 1.807) is 6.92 Å². The van der Waals surface area contributed by atoms with E-state index in [-0.39, 0.29) is 34.5 Å². The molecule has 3 nitrogen and oxygen atoms in total. The van der Waals surface area contributed by atoms with Crippen LogP contribution in [0.5, 0.6) is 0 Å². The fourth-order valence-corrected chi connectivity index (χ4v) is 4.40. The molecule has 0 radical (unpaired) electrons. The predicted molar refractivity (Wildman–Crippen MR) is 104 cm³/mol. The van der Waals surface area contributed by atoms with Gasteiger partial charge in [-0.05, 0) is 43.4 Å². The van der Waals surface area contributed by atoms with Gasteiger partial charge in [-0.25, -0.2) is 8.42 Å². The molecule has 1 aromatic carbocycles. The second-order valence-corrected chi connectivity index (χ2v) is 8.55. The number of unbranched alkanes of at least 4 members (excludes halogenated alkanes) is 10. The molecule has 1 aromatic rings. The number of aryl methyl sites for hydroxylation is 2. The van der Waals surface area contributed by atoms with E-state index in [1.165, 1.54) is 57.8 Å². The molecule has 0 N–H and O–H groups in total. The molecule has 0 heterocycles. The Labute approximate surface area is 183 Å². The zero-order valence-electron chi connectivity index (χ0n) is 17.3. The monoisotopic (exact) mass is 390 g/mol. The van der Waals surface area contributed by atoms with Crippen LogP contribution in [0.1, 0.15) is 94.2 Å². The van der Waals surface area contributed by atoms with Crippen molar-refractivity contribution < 1.29 is 42.5 Å². The largest absolute Gasteiger partial charge is 1.00 e. The zero-order valence-corrected chi connectivity index (χ0v) is 20.1. The van der Waals surface area contributed by atoms with Crippen LogP contribution in [0.15, 0.2) is 17.0 Å². The van der Waals surface area contributed by atoms with Gasteiger partial charge in [-0.15, -0.1) is 0 Å². The first-order chi connectivity index (χ1) is 11.9. The first kappa shape index (κ1) is 26.1. The van der Waals surface area contributed by atoms with Crippen LogP contribution in [-0.2, 0) is 16.5 Å². The van der Waals surface area contributed by atoms with Gasteiger partial charge >= 0.3 is 29.6 Å². The minimum Gasteiger partial charge on any atom is -0.744 e. The molecular weight excluding hydrogens is 355 g/mol. The molecule has 0 unspecified atom stereocenters. The van der Waals surface area contributed by atoms with Gasteiger partial charge in [-0.1, -0.05) is 83.3 Å². The number of benzene rings is 1. The van der Waals surface area contributed by atoms with Crippen LogP contribution in [0.3, 0.4) is 0 Å². The Morgan fingerprint density at radius 3 is 1.73 bits per heavy atom. The summed E-state index contributed by atoms with van der Waals surface area (Å²) in [6.45, 7) is 5.81. The molecule has 0 saturated heterocycles. The molecule has 0 aliphatic carbocycles. The third kappa shape index (κ3) is 9.89. The van der Waals surface area contributed by atoms with Gasteiger partial charge in [0.2, 0.25) is 0 Å². The van der Waals surface area contributed by atoms with Gasteiger partial charge in [0.25, 0.3) is 0 Å². The summed E-state index contributed by atoms with van der Waals surface area (Å²) >= 11 is 0. The number of hydrogen-bond donors (Lipinski definition) is 0. The normalized spacial score (nSPS) is 11.4. The van der Waals surface area contributed by atoms with Crippen molar-refractivity contribution >= 4 is 10.1 Å². The fourth-order valence-electron chi connectivity index (χ4n) is 3.37. The van der Waals surface area contributed by atoms with E-state index in [0.29, 0.717) is 17.5 Å². The summed E-state index contributed by atoms with van der Waals surface area (Å²) in [5.74, 6) is 0. The summed E-state index contributed by atoms with van der Waals surface area (Å²) in [7, 11) is -4.40. The summed E-state index contributed by atoms with van der Waals surface area (Å²) in [4.78, 5) is 0.0135. The summed E-state index contributed by atoms with van der Waals surface area (Å²) < 4.78 is 34.7. The van der Waals surface area contributed by atoms with Crippen molar-refractivity contribution in [3.05, 3.63) is 28.8 Å². The van der Waals surface area contributed by atoms with Crippen molar-refractivity contribution in [2.75, 3.05) is 0 Å². The van der Waals surface area contributed by atoms with Gasteiger partial charge in [0.1, 0.15) is 10.1 Å². The maximum absolute atomic E-state index is 11.6. The molecule has 0 aliphatic rings. The standard InChI is InChI=1S/C21H36O3S.Na/c1-4-5-6-7-8-9-10-11-12-13-14-15-20-17-16-18(2)19(3)21(20)25(22,23)24;/h16-17H,4-15H2,1-3H3,(H,22,23,24);/q;+1/p-1. The first-order valence-electron chi connectivity index (χ1n) is 9.93. The van der Waals surface area contributed by atoms with Crippen LogP contribution >= 0.6 is 0 Å². The second-order valence-electron chi connectivity index (χ2n) is 7.24. The molecule has 0 bridgehead atoms. The molecule has 1 rings (SSSR count). The molecular formula is C21H35NaO3S. The Morgan fingerprint density at radius 1 is 0.808 bits per heavy atom. The van der Waals surface area contributed by atoms with Crippen molar-refractivity contribution in [2.45, 2.75) is 103 Å². The maximum Gasteiger partial charge on any atom is 1.00 e. The van der Waals surface area contributed by atoms with Crippen LogP contribution in [-0.4, -0.2) is 13.0 Å². The Morgan fingerprint density at radius 2 is 1.27 bits per heavy atom.